The Morgan fingerprint density at radius 2 is 1.60 bits per heavy atom. The Labute approximate surface area is 218 Å². The molecule has 2 unspecified atom stereocenters. The SMILES string of the molecule is CCOC(=O)Cn1c2c(sc1=O)[C@H](c1ccc(Cl)cc1)C1C(=O)N(c3ccc(Cl)cc3)C(=O)C1S2. The molecule has 1 fully saturated rings. The van der Waals surface area contributed by atoms with Crippen molar-refractivity contribution in [3.8, 4) is 0 Å². The lowest BCUT2D eigenvalue weighted by Crippen LogP contribution is -2.32. The summed E-state index contributed by atoms with van der Waals surface area (Å²) in [7, 11) is 0. The van der Waals surface area contributed by atoms with Crippen LogP contribution in [0, 0.1) is 5.92 Å². The number of rotatable bonds is 5. The van der Waals surface area contributed by atoms with Crippen LogP contribution in [0.25, 0.3) is 0 Å². The van der Waals surface area contributed by atoms with Crippen molar-refractivity contribution in [1.29, 1.82) is 0 Å². The third-order valence-electron chi connectivity index (χ3n) is 5.96. The Morgan fingerprint density at radius 3 is 2.23 bits per heavy atom. The highest BCUT2D eigenvalue weighted by Crippen LogP contribution is 2.53. The van der Waals surface area contributed by atoms with E-state index < -0.39 is 23.1 Å². The summed E-state index contributed by atoms with van der Waals surface area (Å²) in [6, 6.07) is 13.5. The molecule has 0 N–H and O–H groups in total. The summed E-state index contributed by atoms with van der Waals surface area (Å²) in [4.78, 5) is 53.9. The molecular formula is C24H18Cl2N2O5S2. The number of carbonyl (C=O) groups excluding carboxylic acids is 3. The zero-order valence-corrected chi connectivity index (χ0v) is 21.4. The van der Waals surface area contributed by atoms with Crippen LogP contribution in [0.4, 0.5) is 5.69 Å². The van der Waals surface area contributed by atoms with Gasteiger partial charge in [0.05, 0.1) is 23.2 Å². The molecule has 1 saturated heterocycles. The van der Waals surface area contributed by atoms with Crippen LogP contribution in [0.2, 0.25) is 10.0 Å². The van der Waals surface area contributed by atoms with Gasteiger partial charge in [-0.3, -0.25) is 23.7 Å². The number of fused-ring (bicyclic) bond motifs is 2. The molecule has 0 bridgehead atoms. The summed E-state index contributed by atoms with van der Waals surface area (Å²) in [5, 5.41) is 0.756. The van der Waals surface area contributed by atoms with Crippen molar-refractivity contribution in [2.24, 2.45) is 5.92 Å². The molecule has 2 aliphatic rings. The van der Waals surface area contributed by atoms with Gasteiger partial charge >= 0.3 is 10.8 Å². The summed E-state index contributed by atoms with van der Waals surface area (Å²) in [5.41, 5.74) is 1.19. The molecule has 0 aliphatic carbocycles. The van der Waals surface area contributed by atoms with Crippen LogP contribution in [0.1, 0.15) is 23.3 Å². The largest absolute Gasteiger partial charge is 0.465 e. The van der Waals surface area contributed by atoms with Gasteiger partial charge in [-0.1, -0.05) is 58.4 Å². The van der Waals surface area contributed by atoms with Crippen molar-refractivity contribution in [3.05, 3.63) is 78.7 Å². The molecule has 35 heavy (non-hydrogen) atoms. The van der Waals surface area contributed by atoms with Gasteiger partial charge < -0.3 is 4.74 Å². The summed E-state index contributed by atoms with van der Waals surface area (Å²) in [5.74, 6) is -2.55. The molecular weight excluding hydrogens is 531 g/mol. The molecule has 2 aromatic carbocycles. The molecule has 1 aromatic heterocycles. The number of hydrogen-bond donors (Lipinski definition) is 0. The number of imide groups is 1. The summed E-state index contributed by atoms with van der Waals surface area (Å²) in [6.07, 6.45) is 0. The Bertz CT molecular complexity index is 1380. The number of nitrogens with zero attached hydrogens (tertiary/aromatic N) is 2. The molecule has 180 valence electrons. The third kappa shape index (κ3) is 4.20. The first-order valence-electron chi connectivity index (χ1n) is 10.7. The lowest BCUT2D eigenvalue weighted by Gasteiger charge is -2.30. The molecule has 0 radical (unpaired) electrons. The highest BCUT2D eigenvalue weighted by Gasteiger charge is 2.56. The van der Waals surface area contributed by atoms with Gasteiger partial charge in [-0.15, -0.1) is 0 Å². The second-order valence-corrected chi connectivity index (χ2v) is 11.0. The van der Waals surface area contributed by atoms with Crippen molar-refractivity contribution >= 4 is 69.8 Å². The van der Waals surface area contributed by atoms with Gasteiger partial charge in [0.25, 0.3) is 0 Å². The van der Waals surface area contributed by atoms with Crippen LogP contribution in [-0.4, -0.2) is 34.2 Å². The van der Waals surface area contributed by atoms with Crippen LogP contribution in [0.3, 0.4) is 0 Å². The Kier molecular flexibility index (Phi) is 6.52. The number of thioether (sulfide) groups is 1. The zero-order chi connectivity index (χ0) is 24.9. The van der Waals surface area contributed by atoms with Crippen LogP contribution < -0.4 is 9.77 Å². The number of aromatic nitrogens is 1. The molecule has 3 atom stereocenters. The number of esters is 1. The van der Waals surface area contributed by atoms with E-state index in [2.05, 4.69) is 0 Å². The topological polar surface area (TPSA) is 85.7 Å². The van der Waals surface area contributed by atoms with Gasteiger partial charge in [-0.2, -0.15) is 0 Å². The van der Waals surface area contributed by atoms with E-state index in [0.717, 1.165) is 28.7 Å². The first-order valence-corrected chi connectivity index (χ1v) is 13.2. The average molecular weight is 549 g/mol. The molecule has 3 aromatic rings. The van der Waals surface area contributed by atoms with Gasteiger partial charge in [0.2, 0.25) is 11.8 Å². The van der Waals surface area contributed by atoms with Gasteiger partial charge in [-0.05, 0) is 48.9 Å². The highest BCUT2D eigenvalue weighted by atomic mass is 35.5. The molecule has 3 heterocycles. The number of thiazole rings is 1. The minimum Gasteiger partial charge on any atom is -0.465 e. The fraction of sp³-hybridized carbons (Fsp3) is 0.250. The number of carbonyl (C=O) groups is 3. The minimum absolute atomic E-state index is 0.189. The smallest absolute Gasteiger partial charge is 0.326 e. The first-order chi connectivity index (χ1) is 16.8. The number of anilines is 1. The van der Waals surface area contributed by atoms with Gasteiger partial charge in [-0.25, -0.2) is 4.90 Å². The third-order valence-corrected chi connectivity index (χ3v) is 9.06. The van der Waals surface area contributed by atoms with Crippen LogP contribution in [0.5, 0.6) is 0 Å². The Balaban J connectivity index is 1.64. The normalized spacial score (nSPS) is 21.1. The number of halogens is 2. The van der Waals surface area contributed by atoms with E-state index in [9.17, 15) is 19.2 Å². The minimum atomic E-state index is -0.770. The fourth-order valence-corrected chi connectivity index (χ4v) is 7.49. The number of ether oxygens (including phenoxy) is 1. The average Bonchev–Trinajstić information content (AvgIpc) is 3.27. The summed E-state index contributed by atoms with van der Waals surface area (Å²) < 4.78 is 6.38. The number of hydrogen-bond acceptors (Lipinski definition) is 7. The van der Waals surface area contributed by atoms with Crippen molar-refractivity contribution in [2.75, 3.05) is 11.5 Å². The van der Waals surface area contributed by atoms with E-state index in [1.54, 1.807) is 55.5 Å². The molecule has 11 heteroatoms. The summed E-state index contributed by atoms with van der Waals surface area (Å²) >= 11 is 14.2. The standard InChI is InChI=1S/C24H18Cl2N2O5S2/c1-2-33-16(29)11-27-23-20(35-24(27)32)17(12-3-5-13(25)6-4-12)18-19(34-23)22(31)28(21(18)30)15-9-7-14(26)8-10-15/h3-10,17-19H,2,11H2,1H3/t17-,18?,19?/m1/s1. The maximum Gasteiger partial charge on any atom is 0.326 e. The Morgan fingerprint density at radius 1 is 0.971 bits per heavy atom. The van der Waals surface area contributed by atoms with Gasteiger partial charge in [0.1, 0.15) is 11.8 Å². The lowest BCUT2D eigenvalue weighted by atomic mass is 9.83. The van der Waals surface area contributed by atoms with Crippen molar-refractivity contribution in [3.63, 3.8) is 0 Å². The van der Waals surface area contributed by atoms with Crippen LogP contribution in [-0.2, 0) is 25.7 Å². The zero-order valence-electron chi connectivity index (χ0n) is 18.3. The van der Waals surface area contributed by atoms with E-state index in [-0.39, 0.29) is 29.8 Å². The predicted octanol–water partition coefficient (Wildman–Crippen LogP) is 4.58. The molecule has 2 aliphatic heterocycles. The van der Waals surface area contributed by atoms with Crippen molar-refractivity contribution < 1.29 is 19.1 Å². The highest BCUT2D eigenvalue weighted by molar-refractivity contribution is 8.00. The van der Waals surface area contributed by atoms with E-state index >= 15 is 0 Å². The quantitative estimate of drug-likeness (QED) is 0.342. The monoisotopic (exact) mass is 548 g/mol. The second kappa shape index (κ2) is 9.46. The van der Waals surface area contributed by atoms with Gasteiger partial charge in [0.15, 0.2) is 0 Å². The van der Waals surface area contributed by atoms with Crippen molar-refractivity contribution in [2.45, 2.75) is 29.7 Å². The molecule has 0 spiro atoms. The van der Waals surface area contributed by atoms with E-state index in [0.29, 0.717) is 25.6 Å². The number of amides is 2. The fourth-order valence-electron chi connectivity index (χ4n) is 4.46. The Hall–Kier alpha value is -2.59. The van der Waals surface area contributed by atoms with E-state index in [1.165, 1.54) is 9.47 Å². The molecule has 5 rings (SSSR count). The van der Waals surface area contributed by atoms with Crippen molar-refractivity contribution in [1.82, 2.24) is 4.57 Å². The number of benzene rings is 2. The first kappa shape index (κ1) is 24.1. The lowest BCUT2D eigenvalue weighted by molar-refractivity contribution is -0.144. The van der Waals surface area contributed by atoms with E-state index in [1.807, 2.05) is 0 Å². The predicted molar refractivity (Wildman–Crippen MR) is 136 cm³/mol. The molecule has 0 saturated carbocycles. The molecule has 7 nitrogen and oxygen atoms in total. The summed E-state index contributed by atoms with van der Waals surface area (Å²) in [6.45, 7) is 1.61. The van der Waals surface area contributed by atoms with Crippen LogP contribution in [0.15, 0.2) is 58.4 Å². The second-order valence-electron chi connectivity index (χ2n) is 8.01. The van der Waals surface area contributed by atoms with Gasteiger partial charge in [0, 0.05) is 20.8 Å². The molecule has 2 amide bonds. The van der Waals surface area contributed by atoms with Crippen LogP contribution >= 0.6 is 46.3 Å². The maximum atomic E-state index is 13.7. The van der Waals surface area contributed by atoms with E-state index in [4.69, 9.17) is 27.9 Å². The maximum absolute atomic E-state index is 13.7.